The summed E-state index contributed by atoms with van der Waals surface area (Å²) in [4.78, 5) is 23.5. The summed E-state index contributed by atoms with van der Waals surface area (Å²) in [5.41, 5.74) is -0.548. The molecule has 1 aromatic heterocycles. The van der Waals surface area contributed by atoms with Crippen LogP contribution in [0.15, 0.2) is 22.8 Å². The van der Waals surface area contributed by atoms with Crippen LogP contribution < -0.4 is 5.32 Å². The van der Waals surface area contributed by atoms with Gasteiger partial charge in [-0.2, -0.15) is 0 Å². The fourth-order valence-electron chi connectivity index (χ4n) is 1.53. The van der Waals surface area contributed by atoms with Gasteiger partial charge in [0, 0.05) is 12.5 Å². The summed E-state index contributed by atoms with van der Waals surface area (Å²) >= 11 is 0. The van der Waals surface area contributed by atoms with Crippen LogP contribution in [-0.4, -0.2) is 23.5 Å². The molecule has 106 valence electrons. The molecule has 0 bridgehead atoms. The van der Waals surface area contributed by atoms with Crippen molar-refractivity contribution in [1.29, 1.82) is 0 Å². The molecule has 1 heterocycles. The fraction of sp³-hybridized carbons (Fsp3) is 0.571. The fourth-order valence-corrected chi connectivity index (χ4v) is 1.53. The number of hydrogen-bond donors (Lipinski definition) is 1. The number of hydrogen-bond acceptors (Lipinski definition) is 4. The van der Waals surface area contributed by atoms with E-state index in [1.807, 2.05) is 6.92 Å². The average Bonchev–Trinajstić information content (AvgIpc) is 2.78. The molecule has 5 nitrogen and oxygen atoms in total. The highest BCUT2D eigenvalue weighted by atomic mass is 16.6. The number of alkyl carbamates (subject to hydrolysis) is 1. The van der Waals surface area contributed by atoms with Crippen molar-refractivity contribution in [3.05, 3.63) is 24.2 Å². The third-order valence-corrected chi connectivity index (χ3v) is 2.44. The second-order valence-corrected chi connectivity index (χ2v) is 5.36. The van der Waals surface area contributed by atoms with Gasteiger partial charge in [0.05, 0.1) is 6.26 Å². The summed E-state index contributed by atoms with van der Waals surface area (Å²) in [6.07, 6.45) is 1.79. The summed E-state index contributed by atoms with van der Waals surface area (Å²) in [6, 6.07) is 3.02. The van der Waals surface area contributed by atoms with Crippen molar-refractivity contribution in [3.63, 3.8) is 0 Å². The van der Waals surface area contributed by atoms with Gasteiger partial charge in [-0.25, -0.2) is 4.79 Å². The van der Waals surface area contributed by atoms with Crippen molar-refractivity contribution in [1.82, 2.24) is 5.32 Å². The van der Waals surface area contributed by atoms with Crippen molar-refractivity contribution < 1.29 is 18.7 Å². The van der Waals surface area contributed by atoms with E-state index in [1.165, 1.54) is 6.26 Å². The highest BCUT2D eigenvalue weighted by Crippen LogP contribution is 2.10. The quantitative estimate of drug-likeness (QED) is 0.832. The predicted molar refractivity (Wildman–Crippen MR) is 71.1 cm³/mol. The Morgan fingerprint density at radius 2 is 2.11 bits per heavy atom. The number of carbonyl (C=O) groups is 2. The lowest BCUT2D eigenvalue weighted by molar-refractivity contribution is 0.0500. The van der Waals surface area contributed by atoms with Crippen LogP contribution in [0.2, 0.25) is 0 Å². The van der Waals surface area contributed by atoms with Gasteiger partial charge in [-0.05, 0) is 39.3 Å². The SMILES string of the molecule is CCC(CC(=O)c1ccco1)NC(=O)OC(C)(C)C. The molecule has 0 fully saturated rings. The minimum atomic E-state index is -0.548. The molecule has 1 atom stereocenters. The zero-order chi connectivity index (χ0) is 14.5. The smallest absolute Gasteiger partial charge is 0.407 e. The number of ether oxygens (including phenoxy) is 1. The van der Waals surface area contributed by atoms with Crippen molar-refractivity contribution in [2.75, 3.05) is 0 Å². The van der Waals surface area contributed by atoms with E-state index in [-0.39, 0.29) is 18.2 Å². The molecule has 0 aliphatic rings. The number of ketones is 1. The minimum absolute atomic E-state index is 0.132. The van der Waals surface area contributed by atoms with Crippen LogP contribution in [0.3, 0.4) is 0 Å². The molecule has 1 unspecified atom stereocenters. The number of nitrogens with one attached hydrogen (secondary N) is 1. The Balaban J connectivity index is 2.50. The Morgan fingerprint density at radius 1 is 1.42 bits per heavy atom. The molecule has 0 saturated carbocycles. The van der Waals surface area contributed by atoms with Gasteiger partial charge in [-0.1, -0.05) is 6.92 Å². The summed E-state index contributed by atoms with van der Waals surface area (Å²) in [5.74, 6) is 0.178. The summed E-state index contributed by atoms with van der Waals surface area (Å²) in [7, 11) is 0. The first kappa shape index (κ1) is 15.3. The molecule has 0 spiro atoms. The second kappa shape index (κ2) is 6.41. The van der Waals surface area contributed by atoms with Gasteiger partial charge in [0.2, 0.25) is 0 Å². The lowest BCUT2D eigenvalue weighted by Gasteiger charge is -2.22. The first-order valence-electron chi connectivity index (χ1n) is 6.38. The number of furan rings is 1. The highest BCUT2D eigenvalue weighted by molar-refractivity contribution is 5.94. The average molecular weight is 267 g/mol. The molecule has 1 amide bonds. The maximum atomic E-state index is 11.9. The summed E-state index contributed by atoms with van der Waals surface area (Å²) in [5, 5.41) is 2.69. The molecule has 1 rings (SSSR count). The Kier molecular flexibility index (Phi) is 5.15. The van der Waals surface area contributed by atoms with Gasteiger partial charge in [-0.15, -0.1) is 0 Å². The van der Waals surface area contributed by atoms with E-state index in [9.17, 15) is 9.59 Å². The lowest BCUT2D eigenvalue weighted by Crippen LogP contribution is -2.39. The largest absolute Gasteiger partial charge is 0.461 e. The number of rotatable bonds is 5. The van der Waals surface area contributed by atoms with E-state index in [4.69, 9.17) is 9.15 Å². The van der Waals surface area contributed by atoms with E-state index in [2.05, 4.69) is 5.32 Å². The van der Waals surface area contributed by atoms with Crippen molar-refractivity contribution in [2.45, 2.75) is 52.2 Å². The third kappa shape index (κ3) is 5.59. The Labute approximate surface area is 113 Å². The van der Waals surface area contributed by atoms with Crippen LogP contribution in [0, 0.1) is 0 Å². The van der Waals surface area contributed by atoms with Gasteiger partial charge in [0.15, 0.2) is 11.5 Å². The van der Waals surface area contributed by atoms with Gasteiger partial charge in [-0.3, -0.25) is 4.79 Å². The highest BCUT2D eigenvalue weighted by Gasteiger charge is 2.21. The summed E-state index contributed by atoms with van der Waals surface area (Å²) in [6.45, 7) is 7.28. The molecule has 5 heteroatoms. The van der Waals surface area contributed by atoms with E-state index in [1.54, 1.807) is 32.9 Å². The molecule has 0 aromatic carbocycles. The Hall–Kier alpha value is -1.78. The molecule has 0 aliphatic carbocycles. The van der Waals surface area contributed by atoms with Crippen LogP contribution in [-0.2, 0) is 4.74 Å². The number of Topliss-reactive ketones (excluding diaryl/α,β-unsaturated/α-hetero) is 1. The third-order valence-electron chi connectivity index (χ3n) is 2.44. The molecule has 0 radical (unpaired) electrons. The molecular weight excluding hydrogens is 246 g/mol. The molecule has 0 saturated heterocycles. The Morgan fingerprint density at radius 3 is 2.58 bits per heavy atom. The van der Waals surface area contributed by atoms with Crippen LogP contribution in [0.4, 0.5) is 4.79 Å². The molecule has 1 N–H and O–H groups in total. The Bertz CT molecular complexity index is 417. The van der Waals surface area contributed by atoms with Crippen LogP contribution in [0.25, 0.3) is 0 Å². The van der Waals surface area contributed by atoms with Gasteiger partial charge in [0.1, 0.15) is 5.60 Å². The molecule has 1 aromatic rings. The standard InChI is InChI=1S/C14H21NO4/c1-5-10(15-13(17)19-14(2,3)4)9-11(16)12-7-6-8-18-12/h6-8,10H,5,9H2,1-4H3,(H,15,17). The number of carbonyl (C=O) groups excluding carboxylic acids is 2. The van der Waals surface area contributed by atoms with Crippen LogP contribution >= 0.6 is 0 Å². The van der Waals surface area contributed by atoms with Gasteiger partial charge < -0.3 is 14.5 Å². The van der Waals surface area contributed by atoms with Gasteiger partial charge in [0.25, 0.3) is 0 Å². The van der Waals surface area contributed by atoms with E-state index >= 15 is 0 Å². The minimum Gasteiger partial charge on any atom is -0.461 e. The molecular formula is C14H21NO4. The lowest BCUT2D eigenvalue weighted by atomic mass is 10.1. The zero-order valence-corrected chi connectivity index (χ0v) is 11.9. The maximum Gasteiger partial charge on any atom is 0.407 e. The normalized spacial score (nSPS) is 12.8. The monoisotopic (exact) mass is 267 g/mol. The summed E-state index contributed by atoms with van der Waals surface area (Å²) < 4.78 is 10.2. The second-order valence-electron chi connectivity index (χ2n) is 5.36. The maximum absolute atomic E-state index is 11.9. The van der Waals surface area contributed by atoms with E-state index < -0.39 is 11.7 Å². The predicted octanol–water partition coefficient (Wildman–Crippen LogP) is 3.16. The topological polar surface area (TPSA) is 68.5 Å². The van der Waals surface area contributed by atoms with Crippen molar-refractivity contribution in [3.8, 4) is 0 Å². The van der Waals surface area contributed by atoms with E-state index in [0.29, 0.717) is 12.2 Å². The van der Waals surface area contributed by atoms with Crippen LogP contribution in [0.5, 0.6) is 0 Å². The van der Waals surface area contributed by atoms with E-state index in [0.717, 1.165) is 0 Å². The van der Waals surface area contributed by atoms with Gasteiger partial charge >= 0.3 is 6.09 Å². The first-order valence-corrected chi connectivity index (χ1v) is 6.38. The zero-order valence-electron chi connectivity index (χ0n) is 11.9. The molecule has 0 aliphatic heterocycles. The molecule has 19 heavy (non-hydrogen) atoms. The van der Waals surface area contributed by atoms with Crippen molar-refractivity contribution in [2.24, 2.45) is 0 Å². The first-order chi connectivity index (χ1) is 8.81. The van der Waals surface area contributed by atoms with Crippen LogP contribution in [0.1, 0.15) is 51.1 Å². The number of amides is 1. The van der Waals surface area contributed by atoms with Crippen molar-refractivity contribution >= 4 is 11.9 Å².